The molecule has 0 aliphatic heterocycles. The van der Waals surface area contributed by atoms with E-state index in [1.165, 1.54) is 6.08 Å². The lowest BCUT2D eigenvalue weighted by Gasteiger charge is -2.14. The number of benzene rings is 3. The first-order chi connectivity index (χ1) is 15.8. The minimum atomic E-state index is -0.470. The molecule has 0 radical (unpaired) electrons. The number of aryl methyl sites for hydroxylation is 2. The van der Waals surface area contributed by atoms with Gasteiger partial charge >= 0.3 is 0 Å². The van der Waals surface area contributed by atoms with Crippen LogP contribution < -0.4 is 14.8 Å². The first-order valence-electron chi connectivity index (χ1n) is 10.1. The molecule has 3 rings (SSSR count). The summed E-state index contributed by atoms with van der Waals surface area (Å²) in [5.74, 6) is 0.587. The Morgan fingerprint density at radius 2 is 1.85 bits per heavy atom. The Labute approximate surface area is 212 Å². The van der Waals surface area contributed by atoms with E-state index in [4.69, 9.17) is 21.1 Å². The van der Waals surface area contributed by atoms with E-state index in [0.717, 1.165) is 20.3 Å². The maximum absolute atomic E-state index is 12.8. The van der Waals surface area contributed by atoms with Gasteiger partial charge in [0.2, 0.25) is 0 Å². The van der Waals surface area contributed by atoms with Gasteiger partial charge < -0.3 is 14.8 Å². The number of carbonyl (C=O) groups is 1. The predicted molar refractivity (Wildman–Crippen MR) is 140 cm³/mol. The van der Waals surface area contributed by atoms with E-state index in [2.05, 4.69) is 27.9 Å². The minimum Gasteiger partial charge on any atom is -0.493 e. The second kappa shape index (κ2) is 11.2. The third kappa shape index (κ3) is 6.06. The number of hydrogen-bond acceptors (Lipinski definition) is 4. The monoisotopic (exact) mass is 572 g/mol. The summed E-state index contributed by atoms with van der Waals surface area (Å²) in [6.45, 7) is 4.10. The average molecular weight is 573 g/mol. The number of nitrogens with one attached hydrogen (secondary N) is 1. The van der Waals surface area contributed by atoms with Crippen molar-refractivity contribution >= 4 is 51.9 Å². The van der Waals surface area contributed by atoms with E-state index >= 15 is 0 Å². The summed E-state index contributed by atoms with van der Waals surface area (Å²) < 4.78 is 12.3. The van der Waals surface area contributed by atoms with Crippen molar-refractivity contribution in [2.75, 3.05) is 12.4 Å². The van der Waals surface area contributed by atoms with Gasteiger partial charge in [-0.1, -0.05) is 48.0 Å². The summed E-state index contributed by atoms with van der Waals surface area (Å²) in [5, 5.41) is 13.1. The maximum Gasteiger partial charge on any atom is 0.266 e. The van der Waals surface area contributed by atoms with Crippen LogP contribution in [0.25, 0.3) is 6.08 Å². The van der Waals surface area contributed by atoms with Crippen molar-refractivity contribution < 1.29 is 14.3 Å². The average Bonchev–Trinajstić information content (AvgIpc) is 2.79. The van der Waals surface area contributed by atoms with Gasteiger partial charge in [0.05, 0.1) is 10.7 Å². The number of amides is 1. The Bertz CT molecular complexity index is 1240. The summed E-state index contributed by atoms with van der Waals surface area (Å²) in [4.78, 5) is 12.8. The Hall–Kier alpha value is -3.02. The molecule has 0 spiro atoms. The maximum atomic E-state index is 12.8. The second-order valence-electron chi connectivity index (χ2n) is 7.30. The molecule has 0 bridgehead atoms. The van der Waals surface area contributed by atoms with Gasteiger partial charge in [-0.15, -0.1) is 0 Å². The summed E-state index contributed by atoms with van der Waals surface area (Å²) >= 11 is 8.36. The van der Waals surface area contributed by atoms with E-state index in [0.29, 0.717) is 27.8 Å². The van der Waals surface area contributed by atoms with E-state index in [-0.39, 0.29) is 12.2 Å². The summed E-state index contributed by atoms with van der Waals surface area (Å²) in [5.41, 5.74) is 4.05. The first kappa shape index (κ1) is 24.6. The number of nitriles is 1. The summed E-state index contributed by atoms with van der Waals surface area (Å²) in [6.07, 6.45) is 1.53. The zero-order chi connectivity index (χ0) is 24.0. The highest BCUT2D eigenvalue weighted by Gasteiger charge is 2.16. The predicted octanol–water partition coefficient (Wildman–Crippen LogP) is 6.69. The third-order valence-corrected chi connectivity index (χ3v) is 6.15. The SMILES string of the molecule is COc1cc(/C=C(/C#N)C(=O)Nc2c(C)cccc2C)cc(I)c1OCc1ccccc1Cl. The van der Waals surface area contributed by atoms with Crippen LogP contribution >= 0.6 is 34.2 Å². The lowest BCUT2D eigenvalue weighted by molar-refractivity contribution is -0.112. The Morgan fingerprint density at radius 3 is 2.48 bits per heavy atom. The largest absolute Gasteiger partial charge is 0.493 e. The molecular weight excluding hydrogens is 551 g/mol. The zero-order valence-corrected chi connectivity index (χ0v) is 21.3. The zero-order valence-electron chi connectivity index (χ0n) is 18.4. The van der Waals surface area contributed by atoms with Gasteiger partial charge in [0.1, 0.15) is 18.2 Å². The summed E-state index contributed by atoms with van der Waals surface area (Å²) in [7, 11) is 1.54. The van der Waals surface area contributed by atoms with Gasteiger partial charge in [0.25, 0.3) is 5.91 Å². The van der Waals surface area contributed by atoms with Gasteiger partial charge in [0, 0.05) is 16.3 Å². The Balaban J connectivity index is 1.86. The third-order valence-electron chi connectivity index (χ3n) is 4.98. The van der Waals surface area contributed by atoms with Gasteiger partial charge in [-0.25, -0.2) is 0 Å². The molecule has 0 unspecified atom stereocenters. The molecule has 1 N–H and O–H groups in total. The van der Waals surface area contributed by atoms with Crippen LogP contribution in [0.5, 0.6) is 11.5 Å². The lowest BCUT2D eigenvalue weighted by Crippen LogP contribution is -2.15. The van der Waals surface area contributed by atoms with Crippen molar-refractivity contribution in [2.24, 2.45) is 0 Å². The van der Waals surface area contributed by atoms with E-state index in [9.17, 15) is 10.1 Å². The minimum absolute atomic E-state index is 0.0137. The molecule has 168 valence electrons. The fourth-order valence-corrected chi connectivity index (χ4v) is 4.21. The molecule has 0 heterocycles. The van der Waals surface area contributed by atoms with Gasteiger partial charge in [-0.2, -0.15) is 5.26 Å². The van der Waals surface area contributed by atoms with Crippen LogP contribution in [0.15, 0.2) is 60.2 Å². The second-order valence-corrected chi connectivity index (χ2v) is 8.87. The number of hydrogen-bond donors (Lipinski definition) is 1. The molecular formula is C26H22ClIN2O3. The molecule has 3 aromatic carbocycles. The van der Waals surface area contributed by atoms with Gasteiger partial charge in [0.15, 0.2) is 11.5 Å². The molecule has 0 aliphatic rings. The van der Waals surface area contributed by atoms with Gasteiger partial charge in [-0.05, 0) is 77.4 Å². The number of carbonyl (C=O) groups excluding carboxylic acids is 1. The molecule has 7 heteroatoms. The van der Waals surface area contributed by atoms with Crippen molar-refractivity contribution in [1.82, 2.24) is 0 Å². The van der Waals surface area contributed by atoms with E-state index in [1.807, 2.05) is 68.4 Å². The number of para-hydroxylation sites is 1. The van der Waals surface area contributed by atoms with Crippen molar-refractivity contribution in [3.63, 3.8) is 0 Å². The smallest absolute Gasteiger partial charge is 0.266 e. The molecule has 3 aromatic rings. The summed E-state index contributed by atoms with van der Waals surface area (Å²) in [6, 6.07) is 18.8. The molecule has 33 heavy (non-hydrogen) atoms. The molecule has 0 saturated carbocycles. The van der Waals surface area contributed by atoms with Crippen LogP contribution in [-0.4, -0.2) is 13.0 Å². The van der Waals surface area contributed by atoms with Crippen LogP contribution in [0.4, 0.5) is 5.69 Å². The number of nitrogens with zero attached hydrogens (tertiary/aromatic N) is 1. The van der Waals surface area contributed by atoms with Crippen molar-refractivity contribution in [1.29, 1.82) is 5.26 Å². The number of halogens is 2. The van der Waals surface area contributed by atoms with Crippen LogP contribution in [0.2, 0.25) is 5.02 Å². The van der Waals surface area contributed by atoms with Crippen LogP contribution in [0, 0.1) is 28.7 Å². The number of rotatable bonds is 7. The van der Waals surface area contributed by atoms with E-state index in [1.54, 1.807) is 13.2 Å². The molecule has 1 amide bonds. The van der Waals surface area contributed by atoms with E-state index < -0.39 is 5.91 Å². The Kier molecular flexibility index (Phi) is 8.37. The fourth-order valence-electron chi connectivity index (χ4n) is 3.24. The fraction of sp³-hybridized carbons (Fsp3) is 0.154. The van der Waals surface area contributed by atoms with Crippen molar-refractivity contribution in [3.8, 4) is 17.6 Å². The van der Waals surface area contributed by atoms with Crippen LogP contribution in [-0.2, 0) is 11.4 Å². The molecule has 0 atom stereocenters. The molecule has 0 saturated heterocycles. The highest BCUT2D eigenvalue weighted by atomic mass is 127. The number of methoxy groups -OCH3 is 1. The van der Waals surface area contributed by atoms with Gasteiger partial charge in [-0.3, -0.25) is 4.79 Å². The number of anilines is 1. The molecule has 0 aromatic heterocycles. The first-order valence-corrected chi connectivity index (χ1v) is 11.5. The molecule has 5 nitrogen and oxygen atoms in total. The van der Waals surface area contributed by atoms with Crippen molar-refractivity contribution in [2.45, 2.75) is 20.5 Å². The lowest BCUT2D eigenvalue weighted by atomic mass is 10.1. The standard InChI is InChI=1S/C26H22ClIN2O3/c1-16-7-6-8-17(2)24(16)30-26(31)20(14-29)11-18-12-22(28)25(23(13-18)32-3)33-15-19-9-4-5-10-21(19)27/h4-13H,15H2,1-3H3,(H,30,31)/b20-11-. The van der Waals surface area contributed by atoms with Crippen molar-refractivity contribution in [3.05, 3.63) is 91.0 Å². The molecule has 0 aliphatic carbocycles. The normalized spacial score (nSPS) is 11.0. The highest BCUT2D eigenvalue weighted by molar-refractivity contribution is 14.1. The van der Waals surface area contributed by atoms with Crippen LogP contribution in [0.1, 0.15) is 22.3 Å². The topological polar surface area (TPSA) is 71.3 Å². The molecule has 0 fully saturated rings. The highest BCUT2D eigenvalue weighted by Crippen LogP contribution is 2.35. The number of ether oxygens (including phenoxy) is 2. The quantitative estimate of drug-likeness (QED) is 0.194. The Morgan fingerprint density at radius 1 is 1.15 bits per heavy atom. The van der Waals surface area contributed by atoms with Crippen LogP contribution in [0.3, 0.4) is 0 Å².